The second-order valence-electron chi connectivity index (χ2n) is 11.6. The zero-order chi connectivity index (χ0) is 23.7. The molecule has 35 heavy (non-hydrogen) atoms. The van der Waals surface area contributed by atoms with Gasteiger partial charge in [0.05, 0.1) is 0 Å². The van der Waals surface area contributed by atoms with Gasteiger partial charge in [-0.2, -0.15) is 0 Å². The number of hydrogen-bond donors (Lipinski definition) is 0. The summed E-state index contributed by atoms with van der Waals surface area (Å²) in [5.74, 6) is 1.38. The number of hydrogen-bond acceptors (Lipinski definition) is 0. The number of halogens is 2. The van der Waals surface area contributed by atoms with Gasteiger partial charge in [-0.15, -0.1) is 0 Å². The predicted octanol–water partition coefficient (Wildman–Crippen LogP) is 3.60. The van der Waals surface area contributed by atoms with E-state index in [9.17, 15) is 0 Å². The van der Waals surface area contributed by atoms with Gasteiger partial charge in [0.2, 0.25) is 0 Å². The first kappa shape index (κ1) is 28.9. The van der Waals surface area contributed by atoms with E-state index >= 15 is 0 Å². The summed E-state index contributed by atoms with van der Waals surface area (Å²) < 4.78 is 4.71. The van der Waals surface area contributed by atoms with Crippen LogP contribution in [0.1, 0.15) is 92.4 Å². The monoisotopic (exact) mass is 676 g/mol. The molecule has 2 aromatic carbocycles. The molecule has 0 amide bonds. The molecule has 0 bridgehead atoms. The third-order valence-corrected chi connectivity index (χ3v) is 28.3. The Bertz CT molecular complexity index is 1100. The first-order valence-electron chi connectivity index (χ1n) is 13.4. The van der Waals surface area contributed by atoms with Gasteiger partial charge in [-0.3, -0.25) is 0 Å². The Kier molecular flexibility index (Phi) is 8.78. The second-order valence-corrected chi connectivity index (χ2v) is 28.2. The van der Waals surface area contributed by atoms with Crippen LogP contribution in [-0.2, 0) is 20.0 Å². The summed E-state index contributed by atoms with van der Waals surface area (Å²) >= 11 is -2.79. The van der Waals surface area contributed by atoms with E-state index in [1.165, 1.54) is 24.0 Å². The molecule has 188 valence electrons. The summed E-state index contributed by atoms with van der Waals surface area (Å²) in [6, 6.07) is 9.56. The third-order valence-electron chi connectivity index (χ3n) is 9.65. The Morgan fingerprint density at radius 3 is 1.31 bits per heavy atom. The van der Waals surface area contributed by atoms with Gasteiger partial charge in [-0.1, -0.05) is 0 Å². The fourth-order valence-corrected chi connectivity index (χ4v) is 36.3. The van der Waals surface area contributed by atoms with Crippen molar-refractivity contribution in [3.8, 4) is 0 Å². The van der Waals surface area contributed by atoms with E-state index in [4.69, 9.17) is 0 Å². The molecule has 4 unspecified atom stereocenters. The Morgan fingerprint density at radius 2 is 1.00 bits per heavy atom. The topological polar surface area (TPSA) is 0 Å². The van der Waals surface area contributed by atoms with Gasteiger partial charge >= 0.3 is 208 Å². The molecule has 3 aliphatic rings. The van der Waals surface area contributed by atoms with Crippen LogP contribution >= 0.6 is 0 Å². The molecule has 2 aliphatic carbocycles. The number of allylic oxidation sites excluding steroid dienone is 2. The van der Waals surface area contributed by atoms with Crippen LogP contribution in [0.3, 0.4) is 0 Å². The van der Waals surface area contributed by atoms with Crippen LogP contribution in [0, 0.1) is 39.5 Å². The molecule has 3 heteroatoms. The normalized spacial score (nSPS) is 21.8. The van der Waals surface area contributed by atoms with Crippen LogP contribution in [0.25, 0.3) is 12.2 Å². The van der Waals surface area contributed by atoms with Crippen molar-refractivity contribution >= 4 is 12.2 Å². The van der Waals surface area contributed by atoms with Crippen LogP contribution in [0.5, 0.6) is 0 Å². The molecule has 1 saturated heterocycles. The maximum atomic E-state index is 2.67. The van der Waals surface area contributed by atoms with Crippen LogP contribution in [0.4, 0.5) is 0 Å². The van der Waals surface area contributed by atoms with Crippen molar-refractivity contribution in [3.63, 3.8) is 0 Å². The summed E-state index contributed by atoms with van der Waals surface area (Å²) in [6.07, 6.45) is 7.85. The number of aryl methyl sites for hydroxylation is 4. The first-order chi connectivity index (χ1) is 15.7. The van der Waals surface area contributed by atoms with E-state index in [0.29, 0.717) is 11.8 Å². The molecular weight excluding hydrogens is 634 g/mol. The van der Waals surface area contributed by atoms with Crippen LogP contribution < -0.4 is 24.8 Å². The Hall–Kier alpha value is -0.630. The summed E-state index contributed by atoms with van der Waals surface area (Å²) in [6.45, 7) is 19.3. The van der Waals surface area contributed by atoms with Gasteiger partial charge in [-0.05, 0) is 0 Å². The van der Waals surface area contributed by atoms with Crippen molar-refractivity contribution in [2.45, 2.75) is 83.9 Å². The van der Waals surface area contributed by atoms with Gasteiger partial charge in [-0.25, -0.2) is 0 Å². The van der Waals surface area contributed by atoms with Crippen molar-refractivity contribution in [3.05, 3.63) is 79.9 Å². The Balaban J connectivity index is 0.00000171. The minimum Gasteiger partial charge on any atom is -1.00 e. The quantitative estimate of drug-likeness (QED) is 0.411. The molecule has 4 atom stereocenters. The van der Waals surface area contributed by atoms with Crippen molar-refractivity contribution in [2.24, 2.45) is 11.8 Å². The van der Waals surface area contributed by atoms with Crippen molar-refractivity contribution in [1.29, 1.82) is 0 Å². The SMILES string of the molecule is CCC(C)C1=Cc2c(C)ccc(C)c2[CH]1[Hf+2]1([CH]2C(C(C)CC)=Cc3c(C)ccc(C)c32)[CH2][CH2]1.[Cl-].[Cl-]. The van der Waals surface area contributed by atoms with E-state index in [1.807, 2.05) is 11.1 Å². The summed E-state index contributed by atoms with van der Waals surface area (Å²) in [7, 11) is 0. The molecule has 1 fully saturated rings. The van der Waals surface area contributed by atoms with Gasteiger partial charge in [0, 0.05) is 0 Å². The fraction of sp³-hybridized carbons (Fsp3) is 0.500. The van der Waals surface area contributed by atoms with E-state index in [-0.39, 0.29) is 24.8 Å². The summed E-state index contributed by atoms with van der Waals surface area (Å²) in [5, 5.41) is 0. The number of rotatable bonds is 6. The minimum atomic E-state index is -2.79. The number of benzene rings is 2. The molecule has 5 rings (SSSR count). The minimum absolute atomic E-state index is 0. The van der Waals surface area contributed by atoms with Crippen molar-refractivity contribution < 1.29 is 44.8 Å². The molecule has 1 heterocycles. The smallest absolute Gasteiger partial charge is 1.00 e. The van der Waals surface area contributed by atoms with Gasteiger partial charge in [0.25, 0.3) is 0 Å². The summed E-state index contributed by atoms with van der Waals surface area (Å²) in [5.41, 5.74) is 16.4. The van der Waals surface area contributed by atoms with E-state index in [1.54, 1.807) is 41.7 Å². The predicted molar refractivity (Wildman–Crippen MR) is 142 cm³/mol. The van der Waals surface area contributed by atoms with E-state index < -0.39 is 20.0 Å². The standard InChI is InChI=1S/2C15H19.C2H4.2ClH.Hf/c2*1-5-10(2)13-8-14-11(3)6-7-12(4)15(14)9-13;1-2;;;/h2*6-10H,5H2,1-4H3;1-2H2;2*1H;/q;;;;;+2/p-2. The Morgan fingerprint density at radius 1 is 0.657 bits per heavy atom. The van der Waals surface area contributed by atoms with Crippen LogP contribution in [-0.4, -0.2) is 0 Å². The molecule has 1 aliphatic heterocycles. The zero-order valence-electron chi connectivity index (χ0n) is 22.9. The van der Waals surface area contributed by atoms with E-state index in [0.717, 1.165) is 7.35 Å². The molecule has 0 nitrogen and oxygen atoms in total. The molecule has 0 saturated carbocycles. The second kappa shape index (κ2) is 10.6. The number of fused-ring (bicyclic) bond motifs is 2. The average molecular weight is 676 g/mol. The molecule has 0 radical (unpaired) electrons. The molecular formula is C32H42Cl2Hf. The fourth-order valence-electron chi connectivity index (χ4n) is 7.14. The largest absolute Gasteiger partial charge is 1.00 e. The van der Waals surface area contributed by atoms with Gasteiger partial charge < -0.3 is 24.8 Å². The third kappa shape index (κ3) is 4.40. The van der Waals surface area contributed by atoms with E-state index in [2.05, 4.69) is 91.8 Å². The zero-order valence-corrected chi connectivity index (χ0v) is 28.0. The summed E-state index contributed by atoms with van der Waals surface area (Å²) in [4.78, 5) is 0. The average Bonchev–Trinajstić information content (AvgIpc) is 3.30. The van der Waals surface area contributed by atoms with Crippen LogP contribution in [0.15, 0.2) is 35.4 Å². The Labute approximate surface area is 231 Å². The first-order valence-corrected chi connectivity index (χ1v) is 22.6. The molecule has 0 spiro atoms. The molecule has 0 N–H and O–H groups in total. The van der Waals surface area contributed by atoms with Gasteiger partial charge in [0.1, 0.15) is 0 Å². The maximum absolute atomic E-state index is 2.79. The van der Waals surface area contributed by atoms with Crippen molar-refractivity contribution in [1.82, 2.24) is 0 Å². The van der Waals surface area contributed by atoms with Crippen LogP contribution in [0.2, 0.25) is 8.35 Å². The molecule has 2 aromatic rings. The van der Waals surface area contributed by atoms with Gasteiger partial charge in [0.15, 0.2) is 0 Å². The molecule has 0 aromatic heterocycles. The maximum Gasteiger partial charge on any atom is -1.00 e. The van der Waals surface area contributed by atoms with Crippen molar-refractivity contribution in [2.75, 3.05) is 0 Å².